The topological polar surface area (TPSA) is 63.5 Å². The third kappa shape index (κ3) is 7.00. The first-order chi connectivity index (χ1) is 12.4. The fourth-order valence-corrected chi connectivity index (χ4v) is 2.79. The second-order valence-electron chi connectivity index (χ2n) is 6.33. The lowest BCUT2D eigenvalue weighted by atomic mass is 10.1. The van der Waals surface area contributed by atoms with Gasteiger partial charge in [-0.3, -0.25) is 9.67 Å². The zero-order valence-electron chi connectivity index (χ0n) is 16.5. The molecule has 0 aliphatic heterocycles. The van der Waals surface area contributed by atoms with Crippen LogP contribution in [0.15, 0.2) is 29.3 Å². The summed E-state index contributed by atoms with van der Waals surface area (Å²) in [6.07, 6.45) is 0.867. The van der Waals surface area contributed by atoms with Gasteiger partial charge in [0, 0.05) is 31.9 Å². The number of nitrogens with one attached hydrogen (secondary N) is 2. The van der Waals surface area contributed by atoms with E-state index in [1.807, 2.05) is 18.7 Å². The molecule has 2 rings (SSSR count). The minimum absolute atomic E-state index is 0. The summed E-state index contributed by atoms with van der Waals surface area (Å²) in [4.78, 5) is 4.24. The molecule has 0 amide bonds. The molecule has 0 spiro atoms. The number of hydrogen-bond acceptors (Lipinski definition) is 3. The van der Waals surface area contributed by atoms with Crippen LogP contribution in [-0.4, -0.2) is 42.0 Å². The highest BCUT2D eigenvalue weighted by atomic mass is 127. The van der Waals surface area contributed by atoms with Gasteiger partial charge in [0.2, 0.25) is 0 Å². The summed E-state index contributed by atoms with van der Waals surface area (Å²) in [6.45, 7) is 7.21. The molecule has 1 aromatic heterocycles. The average Bonchev–Trinajstić information content (AvgIpc) is 2.84. The van der Waals surface area contributed by atoms with E-state index in [2.05, 4.69) is 34.6 Å². The van der Waals surface area contributed by atoms with Gasteiger partial charge in [0.1, 0.15) is 18.2 Å². The van der Waals surface area contributed by atoms with E-state index < -0.39 is 0 Å². The fraction of sp³-hybridized carbons (Fsp3) is 0.474. The molecule has 0 radical (unpaired) electrons. The molecule has 6 nitrogen and oxygen atoms in total. The Morgan fingerprint density at radius 1 is 1.37 bits per heavy atom. The fourth-order valence-electron chi connectivity index (χ4n) is 2.79. The Kier molecular flexibility index (Phi) is 9.54. The van der Waals surface area contributed by atoms with Crippen LogP contribution >= 0.6 is 24.0 Å². The van der Waals surface area contributed by atoms with Crippen molar-refractivity contribution in [1.82, 2.24) is 20.4 Å². The lowest BCUT2D eigenvalue weighted by Crippen LogP contribution is -2.44. The molecule has 0 aliphatic carbocycles. The summed E-state index contributed by atoms with van der Waals surface area (Å²) in [6, 6.07) is 6.32. The molecule has 0 saturated carbocycles. The molecule has 150 valence electrons. The third-order valence-electron chi connectivity index (χ3n) is 4.24. The number of aryl methyl sites for hydroxylation is 2. The summed E-state index contributed by atoms with van der Waals surface area (Å²) >= 11 is 0. The van der Waals surface area contributed by atoms with Crippen LogP contribution in [0.4, 0.5) is 4.39 Å². The molecule has 0 fully saturated rings. The van der Waals surface area contributed by atoms with Crippen LogP contribution < -0.4 is 15.4 Å². The molecule has 0 aliphatic rings. The Morgan fingerprint density at radius 3 is 2.70 bits per heavy atom. The lowest BCUT2D eigenvalue weighted by Gasteiger charge is -2.18. The van der Waals surface area contributed by atoms with E-state index in [0.717, 1.165) is 12.1 Å². The molecule has 2 N–H and O–H groups in total. The highest BCUT2D eigenvalue weighted by Crippen LogP contribution is 2.14. The average molecular weight is 489 g/mol. The SMILES string of the molecule is CN=C(NCCOc1cccc(F)c1)NC(C)Cc1c(C)nn(C)c1C.I. The van der Waals surface area contributed by atoms with Crippen molar-refractivity contribution in [3.8, 4) is 5.75 Å². The minimum Gasteiger partial charge on any atom is -0.492 e. The number of ether oxygens (including phenoxy) is 1. The lowest BCUT2D eigenvalue weighted by molar-refractivity contribution is 0.320. The maximum atomic E-state index is 13.1. The predicted molar refractivity (Wildman–Crippen MR) is 118 cm³/mol. The van der Waals surface area contributed by atoms with E-state index in [0.29, 0.717) is 24.9 Å². The van der Waals surface area contributed by atoms with Crippen LogP contribution in [0.1, 0.15) is 23.9 Å². The number of benzene rings is 1. The monoisotopic (exact) mass is 489 g/mol. The van der Waals surface area contributed by atoms with Crippen LogP contribution in [0.2, 0.25) is 0 Å². The van der Waals surface area contributed by atoms with E-state index >= 15 is 0 Å². The standard InChI is InChI=1S/C19H28FN5O.HI/c1-13(11-18-14(2)24-25(5)15(18)3)23-19(21-4)22-9-10-26-17-8-6-7-16(20)12-17;/h6-8,12-13H,9-11H2,1-5H3,(H2,21,22,23);1H. The van der Waals surface area contributed by atoms with E-state index in [1.54, 1.807) is 19.2 Å². The van der Waals surface area contributed by atoms with Gasteiger partial charge in [0.15, 0.2) is 5.96 Å². The Balaban J connectivity index is 0.00000364. The third-order valence-corrected chi connectivity index (χ3v) is 4.24. The maximum Gasteiger partial charge on any atom is 0.191 e. The first-order valence-electron chi connectivity index (χ1n) is 8.75. The number of nitrogens with zero attached hydrogens (tertiary/aromatic N) is 3. The molecule has 1 aromatic carbocycles. The van der Waals surface area contributed by atoms with E-state index in [1.165, 1.54) is 23.4 Å². The van der Waals surface area contributed by atoms with Crippen molar-refractivity contribution >= 4 is 29.9 Å². The van der Waals surface area contributed by atoms with Crippen molar-refractivity contribution in [2.24, 2.45) is 12.0 Å². The van der Waals surface area contributed by atoms with Crippen molar-refractivity contribution in [1.29, 1.82) is 0 Å². The Morgan fingerprint density at radius 2 is 2.11 bits per heavy atom. The number of aliphatic imine (C=N–C) groups is 1. The predicted octanol–water partition coefficient (Wildman–Crippen LogP) is 2.97. The van der Waals surface area contributed by atoms with Crippen molar-refractivity contribution in [3.05, 3.63) is 47.0 Å². The zero-order chi connectivity index (χ0) is 19.1. The molecule has 1 atom stereocenters. The van der Waals surface area contributed by atoms with Crippen LogP contribution in [-0.2, 0) is 13.5 Å². The van der Waals surface area contributed by atoms with Crippen molar-refractivity contribution in [2.75, 3.05) is 20.2 Å². The second-order valence-corrected chi connectivity index (χ2v) is 6.33. The molecule has 0 saturated heterocycles. The number of guanidine groups is 1. The zero-order valence-corrected chi connectivity index (χ0v) is 18.9. The van der Waals surface area contributed by atoms with Gasteiger partial charge in [-0.05, 0) is 44.9 Å². The van der Waals surface area contributed by atoms with Crippen LogP contribution in [0.25, 0.3) is 0 Å². The van der Waals surface area contributed by atoms with Crippen molar-refractivity contribution in [2.45, 2.75) is 33.2 Å². The number of rotatable bonds is 7. The van der Waals surface area contributed by atoms with Crippen molar-refractivity contribution in [3.63, 3.8) is 0 Å². The number of aromatic nitrogens is 2. The van der Waals surface area contributed by atoms with E-state index in [4.69, 9.17) is 4.74 Å². The second kappa shape index (κ2) is 11.1. The quantitative estimate of drug-likeness (QED) is 0.272. The molecule has 0 bridgehead atoms. The minimum atomic E-state index is -0.303. The van der Waals surface area contributed by atoms with Gasteiger partial charge in [0.05, 0.1) is 12.2 Å². The molecule has 1 unspecified atom stereocenters. The van der Waals surface area contributed by atoms with Crippen LogP contribution in [0.5, 0.6) is 5.75 Å². The van der Waals surface area contributed by atoms with Gasteiger partial charge in [-0.25, -0.2) is 4.39 Å². The Labute approximate surface area is 177 Å². The molecule has 27 heavy (non-hydrogen) atoms. The van der Waals surface area contributed by atoms with Crippen molar-refractivity contribution < 1.29 is 9.13 Å². The normalized spacial score (nSPS) is 12.3. The van der Waals surface area contributed by atoms with E-state index in [-0.39, 0.29) is 35.8 Å². The molecule has 2 aromatic rings. The molecule has 1 heterocycles. The summed E-state index contributed by atoms with van der Waals surface area (Å²) in [5.41, 5.74) is 3.50. The van der Waals surface area contributed by atoms with Gasteiger partial charge in [-0.15, -0.1) is 24.0 Å². The van der Waals surface area contributed by atoms with Gasteiger partial charge >= 0.3 is 0 Å². The molecule has 8 heteroatoms. The van der Waals surface area contributed by atoms with E-state index in [9.17, 15) is 4.39 Å². The molecular weight excluding hydrogens is 460 g/mol. The van der Waals surface area contributed by atoms with Crippen LogP contribution in [0, 0.1) is 19.7 Å². The largest absolute Gasteiger partial charge is 0.492 e. The first kappa shape index (κ1) is 23.2. The van der Waals surface area contributed by atoms with Gasteiger partial charge < -0.3 is 15.4 Å². The Hall–Kier alpha value is -1.84. The molecular formula is C19H29FIN5O. The van der Waals surface area contributed by atoms with Gasteiger partial charge in [0.25, 0.3) is 0 Å². The number of halogens is 2. The number of hydrogen-bond donors (Lipinski definition) is 2. The smallest absolute Gasteiger partial charge is 0.191 e. The Bertz CT molecular complexity index is 763. The summed E-state index contributed by atoms with van der Waals surface area (Å²) in [7, 11) is 3.69. The first-order valence-corrected chi connectivity index (χ1v) is 8.75. The highest BCUT2D eigenvalue weighted by molar-refractivity contribution is 14.0. The summed E-state index contributed by atoms with van der Waals surface area (Å²) in [5.74, 6) is 0.924. The van der Waals surface area contributed by atoms with Gasteiger partial charge in [-0.2, -0.15) is 5.10 Å². The highest BCUT2D eigenvalue weighted by Gasteiger charge is 2.13. The van der Waals surface area contributed by atoms with Gasteiger partial charge in [-0.1, -0.05) is 6.07 Å². The van der Waals surface area contributed by atoms with Crippen LogP contribution in [0.3, 0.4) is 0 Å². The summed E-state index contributed by atoms with van der Waals surface area (Å²) < 4.78 is 20.5. The maximum absolute atomic E-state index is 13.1. The summed E-state index contributed by atoms with van der Waals surface area (Å²) in [5, 5.41) is 11.0.